The Labute approximate surface area is 159 Å². The number of anilines is 1. The van der Waals surface area contributed by atoms with Gasteiger partial charge in [-0.1, -0.05) is 0 Å². The molecule has 0 unspecified atom stereocenters. The topological polar surface area (TPSA) is 108 Å². The molecule has 1 aromatic heterocycles. The van der Waals surface area contributed by atoms with Gasteiger partial charge in [0, 0.05) is 17.0 Å². The molecule has 0 atom stereocenters. The highest BCUT2D eigenvalue weighted by Gasteiger charge is 2.26. The number of nitro benzene ring substituents is 1. The minimum absolute atomic E-state index is 0.0568. The van der Waals surface area contributed by atoms with E-state index in [1.54, 1.807) is 0 Å². The van der Waals surface area contributed by atoms with Crippen LogP contribution in [-0.2, 0) is 22.4 Å². The third-order valence-electron chi connectivity index (χ3n) is 4.23. The molecule has 142 valence electrons. The van der Waals surface area contributed by atoms with Crippen molar-refractivity contribution < 1.29 is 24.0 Å². The Morgan fingerprint density at radius 2 is 1.93 bits per heavy atom. The lowest BCUT2D eigenvalue weighted by atomic mass is 9.95. The SMILES string of the molecule is COC(=O)c1c(NC(=O)COc2ccc([N+](=O)[O-])cc2)sc2c1CCCC2. The quantitative estimate of drug-likeness (QED) is 0.460. The predicted molar refractivity (Wildman–Crippen MR) is 99.5 cm³/mol. The summed E-state index contributed by atoms with van der Waals surface area (Å²) in [6, 6.07) is 5.45. The van der Waals surface area contributed by atoms with E-state index < -0.39 is 16.8 Å². The van der Waals surface area contributed by atoms with E-state index in [9.17, 15) is 19.7 Å². The maximum absolute atomic E-state index is 12.2. The van der Waals surface area contributed by atoms with Crippen molar-refractivity contribution in [2.24, 2.45) is 0 Å². The molecule has 2 aromatic rings. The molecule has 1 heterocycles. The van der Waals surface area contributed by atoms with E-state index in [-0.39, 0.29) is 12.3 Å². The highest BCUT2D eigenvalue weighted by atomic mass is 32.1. The van der Waals surface area contributed by atoms with E-state index in [0.717, 1.165) is 36.1 Å². The third kappa shape index (κ3) is 4.25. The van der Waals surface area contributed by atoms with Crippen molar-refractivity contribution in [3.63, 3.8) is 0 Å². The van der Waals surface area contributed by atoms with Crippen LogP contribution < -0.4 is 10.1 Å². The fourth-order valence-corrected chi connectivity index (χ4v) is 4.24. The van der Waals surface area contributed by atoms with E-state index in [2.05, 4.69) is 5.32 Å². The molecule has 0 bridgehead atoms. The molecule has 1 amide bonds. The highest BCUT2D eigenvalue weighted by Crippen LogP contribution is 2.38. The van der Waals surface area contributed by atoms with Crippen LogP contribution in [0.5, 0.6) is 5.75 Å². The molecule has 3 rings (SSSR count). The summed E-state index contributed by atoms with van der Waals surface area (Å²) >= 11 is 1.40. The summed E-state index contributed by atoms with van der Waals surface area (Å²) < 4.78 is 10.2. The average Bonchev–Trinajstić information content (AvgIpc) is 3.03. The smallest absolute Gasteiger partial charge is 0.341 e. The van der Waals surface area contributed by atoms with E-state index in [4.69, 9.17) is 9.47 Å². The standard InChI is InChI=1S/C18H18N2O6S/c1-25-18(22)16-13-4-2-3-5-14(13)27-17(16)19-15(21)10-26-12-8-6-11(7-9-12)20(23)24/h6-9H,2-5,10H2,1H3,(H,19,21). The number of rotatable bonds is 6. The number of carbonyl (C=O) groups is 2. The molecule has 1 aliphatic rings. The summed E-state index contributed by atoms with van der Waals surface area (Å²) in [6.07, 6.45) is 3.75. The lowest BCUT2D eigenvalue weighted by molar-refractivity contribution is -0.384. The number of amides is 1. The molecule has 1 aromatic carbocycles. The first kappa shape index (κ1) is 18.8. The minimum Gasteiger partial charge on any atom is -0.484 e. The molecule has 9 heteroatoms. The van der Waals surface area contributed by atoms with Crippen molar-refractivity contribution >= 4 is 33.9 Å². The molecule has 0 spiro atoms. The van der Waals surface area contributed by atoms with Crippen LogP contribution in [0.4, 0.5) is 10.7 Å². The van der Waals surface area contributed by atoms with Crippen LogP contribution in [0, 0.1) is 10.1 Å². The van der Waals surface area contributed by atoms with Gasteiger partial charge in [0.2, 0.25) is 0 Å². The molecular formula is C18H18N2O6S. The number of nitrogens with zero attached hydrogens (tertiary/aromatic N) is 1. The van der Waals surface area contributed by atoms with Crippen LogP contribution in [0.15, 0.2) is 24.3 Å². The lowest BCUT2D eigenvalue weighted by Gasteiger charge is -2.11. The minimum atomic E-state index is -0.511. The Morgan fingerprint density at radius 1 is 1.22 bits per heavy atom. The highest BCUT2D eigenvalue weighted by molar-refractivity contribution is 7.17. The van der Waals surface area contributed by atoms with Crippen molar-refractivity contribution in [2.45, 2.75) is 25.7 Å². The van der Waals surface area contributed by atoms with Gasteiger partial charge >= 0.3 is 5.97 Å². The maximum atomic E-state index is 12.2. The number of methoxy groups -OCH3 is 1. The Morgan fingerprint density at radius 3 is 2.59 bits per heavy atom. The van der Waals surface area contributed by atoms with E-state index in [0.29, 0.717) is 16.3 Å². The zero-order valence-electron chi connectivity index (χ0n) is 14.6. The Kier molecular flexibility index (Phi) is 5.70. The zero-order valence-corrected chi connectivity index (χ0v) is 15.5. The van der Waals surface area contributed by atoms with E-state index in [1.807, 2.05) is 0 Å². The largest absolute Gasteiger partial charge is 0.484 e. The molecule has 27 heavy (non-hydrogen) atoms. The van der Waals surface area contributed by atoms with Crippen molar-refractivity contribution in [2.75, 3.05) is 19.0 Å². The number of esters is 1. The van der Waals surface area contributed by atoms with Crippen molar-refractivity contribution in [3.05, 3.63) is 50.4 Å². The van der Waals surface area contributed by atoms with Gasteiger partial charge in [-0.2, -0.15) is 0 Å². The van der Waals surface area contributed by atoms with Crippen LogP contribution >= 0.6 is 11.3 Å². The van der Waals surface area contributed by atoms with Crippen LogP contribution in [0.3, 0.4) is 0 Å². The number of hydrogen-bond donors (Lipinski definition) is 1. The van der Waals surface area contributed by atoms with Crippen molar-refractivity contribution in [3.8, 4) is 5.75 Å². The molecule has 0 radical (unpaired) electrons. The Hall–Kier alpha value is -2.94. The van der Waals surface area contributed by atoms with Crippen molar-refractivity contribution in [1.82, 2.24) is 0 Å². The fourth-order valence-electron chi connectivity index (χ4n) is 2.95. The molecule has 1 N–H and O–H groups in total. The third-order valence-corrected chi connectivity index (χ3v) is 5.44. The summed E-state index contributed by atoms with van der Waals surface area (Å²) in [5, 5.41) is 13.8. The van der Waals surface area contributed by atoms with Gasteiger partial charge in [0.1, 0.15) is 10.8 Å². The van der Waals surface area contributed by atoms with Gasteiger partial charge in [-0.15, -0.1) is 11.3 Å². The first-order valence-electron chi connectivity index (χ1n) is 8.39. The number of aryl methyl sites for hydroxylation is 1. The van der Waals surface area contributed by atoms with E-state index in [1.165, 1.54) is 42.7 Å². The summed E-state index contributed by atoms with van der Waals surface area (Å²) in [5.41, 5.74) is 1.34. The second-order valence-corrected chi connectivity index (χ2v) is 7.10. The Balaban J connectivity index is 1.68. The number of non-ortho nitro benzene ring substituents is 1. The normalized spacial score (nSPS) is 12.8. The molecule has 0 saturated carbocycles. The first-order valence-corrected chi connectivity index (χ1v) is 9.21. The van der Waals surface area contributed by atoms with Gasteiger partial charge < -0.3 is 14.8 Å². The van der Waals surface area contributed by atoms with Crippen LogP contribution in [0.1, 0.15) is 33.6 Å². The van der Waals surface area contributed by atoms with Gasteiger partial charge in [0.15, 0.2) is 6.61 Å². The van der Waals surface area contributed by atoms with Crippen molar-refractivity contribution in [1.29, 1.82) is 0 Å². The number of ether oxygens (including phenoxy) is 2. The molecule has 0 aliphatic heterocycles. The van der Waals surface area contributed by atoms with Gasteiger partial charge in [-0.25, -0.2) is 4.79 Å². The summed E-state index contributed by atoms with van der Waals surface area (Å²) in [4.78, 5) is 35.6. The molecule has 1 aliphatic carbocycles. The number of benzene rings is 1. The van der Waals surface area contributed by atoms with Crippen LogP contribution in [-0.4, -0.2) is 30.5 Å². The first-order chi connectivity index (χ1) is 13.0. The summed E-state index contributed by atoms with van der Waals surface area (Å²) in [5.74, 6) is -0.535. The number of hydrogen-bond acceptors (Lipinski definition) is 7. The van der Waals surface area contributed by atoms with Gasteiger partial charge in [-0.3, -0.25) is 14.9 Å². The zero-order chi connectivity index (χ0) is 19.4. The number of nitrogens with one attached hydrogen (secondary N) is 1. The summed E-state index contributed by atoms with van der Waals surface area (Å²) in [6.45, 7) is -0.277. The average molecular weight is 390 g/mol. The molecule has 0 fully saturated rings. The number of carbonyl (C=O) groups excluding carboxylic acids is 2. The fraction of sp³-hybridized carbons (Fsp3) is 0.333. The number of nitro groups is 1. The Bertz CT molecular complexity index is 875. The molecule has 8 nitrogen and oxygen atoms in total. The van der Waals surface area contributed by atoms with Gasteiger partial charge in [0.05, 0.1) is 17.6 Å². The predicted octanol–water partition coefficient (Wildman–Crippen LogP) is 3.34. The van der Waals surface area contributed by atoms with E-state index >= 15 is 0 Å². The van der Waals surface area contributed by atoms with Gasteiger partial charge in [0.25, 0.3) is 11.6 Å². The lowest BCUT2D eigenvalue weighted by Crippen LogP contribution is -2.21. The molecular weight excluding hydrogens is 372 g/mol. The number of fused-ring (bicyclic) bond motifs is 1. The monoisotopic (exact) mass is 390 g/mol. The van der Waals surface area contributed by atoms with Gasteiger partial charge in [-0.05, 0) is 43.4 Å². The maximum Gasteiger partial charge on any atom is 0.341 e. The number of thiophene rings is 1. The second kappa shape index (κ2) is 8.17. The van der Waals surface area contributed by atoms with Crippen LogP contribution in [0.2, 0.25) is 0 Å². The second-order valence-electron chi connectivity index (χ2n) is 5.99. The van der Waals surface area contributed by atoms with Crippen LogP contribution in [0.25, 0.3) is 0 Å². The summed E-state index contributed by atoms with van der Waals surface area (Å²) in [7, 11) is 1.32. The molecule has 0 saturated heterocycles.